The second kappa shape index (κ2) is 8.41. The number of carbonyl (C=O) groups excluding carboxylic acids is 1. The molecular formula is C25H17NO4. The Kier molecular flexibility index (Phi) is 5.35. The third-order valence-corrected chi connectivity index (χ3v) is 4.62. The summed E-state index contributed by atoms with van der Waals surface area (Å²) in [4.78, 5) is 23.7. The Morgan fingerprint density at radius 3 is 2.23 bits per heavy atom. The average molecular weight is 395 g/mol. The van der Waals surface area contributed by atoms with Crippen molar-refractivity contribution in [2.24, 2.45) is 0 Å². The number of rotatable bonds is 6. The fourth-order valence-corrected chi connectivity index (χ4v) is 3.12. The maximum absolute atomic E-state index is 12.8. The fourth-order valence-electron chi connectivity index (χ4n) is 3.12. The van der Waals surface area contributed by atoms with E-state index >= 15 is 0 Å². The minimum absolute atomic E-state index is 0.0535. The smallest absolute Gasteiger partial charge is 0.280 e. The molecule has 146 valence electrons. The topological polar surface area (TPSA) is 73.3 Å². The molecule has 0 fully saturated rings. The van der Waals surface area contributed by atoms with Crippen LogP contribution < -0.4 is 0 Å². The van der Waals surface area contributed by atoms with Gasteiger partial charge in [0.15, 0.2) is 5.78 Å². The van der Waals surface area contributed by atoms with Gasteiger partial charge in [0.25, 0.3) is 5.69 Å². The monoisotopic (exact) mass is 395 g/mol. The van der Waals surface area contributed by atoms with Crippen molar-refractivity contribution in [2.75, 3.05) is 0 Å². The van der Waals surface area contributed by atoms with E-state index in [1.165, 1.54) is 12.1 Å². The number of hydrogen-bond acceptors (Lipinski definition) is 4. The lowest BCUT2D eigenvalue weighted by Crippen LogP contribution is -2.05. The summed E-state index contributed by atoms with van der Waals surface area (Å²) in [6.07, 6.45) is 3.53. The van der Waals surface area contributed by atoms with Crippen LogP contribution in [0.2, 0.25) is 0 Å². The highest BCUT2D eigenvalue weighted by molar-refractivity contribution is 6.11. The highest BCUT2D eigenvalue weighted by Crippen LogP contribution is 2.26. The molecule has 5 heteroatoms. The molecule has 0 amide bonds. The molecule has 5 nitrogen and oxygen atoms in total. The summed E-state index contributed by atoms with van der Waals surface area (Å²) in [6.45, 7) is 0. The van der Waals surface area contributed by atoms with Crippen molar-refractivity contribution >= 4 is 23.6 Å². The van der Waals surface area contributed by atoms with E-state index in [9.17, 15) is 14.9 Å². The number of carbonyl (C=O) groups is 1. The van der Waals surface area contributed by atoms with Gasteiger partial charge in [0, 0.05) is 17.2 Å². The zero-order valence-corrected chi connectivity index (χ0v) is 15.9. The molecule has 0 spiro atoms. The van der Waals surface area contributed by atoms with Crippen molar-refractivity contribution in [1.82, 2.24) is 0 Å². The van der Waals surface area contributed by atoms with Crippen LogP contribution in [0, 0.1) is 10.1 Å². The van der Waals surface area contributed by atoms with Crippen LogP contribution in [-0.2, 0) is 0 Å². The van der Waals surface area contributed by atoms with Gasteiger partial charge in [0.05, 0.1) is 4.92 Å². The Hall–Kier alpha value is -4.25. The first kappa shape index (κ1) is 19.1. The van der Waals surface area contributed by atoms with Gasteiger partial charge in [-0.25, -0.2) is 0 Å². The lowest BCUT2D eigenvalue weighted by atomic mass is 9.99. The van der Waals surface area contributed by atoms with Gasteiger partial charge in [-0.05, 0) is 35.9 Å². The molecule has 0 unspecified atom stereocenters. The summed E-state index contributed by atoms with van der Waals surface area (Å²) in [6, 6.07) is 26.5. The van der Waals surface area contributed by atoms with Gasteiger partial charge in [-0.15, -0.1) is 0 Å². The Morgan fingerprint density at radius 2 is 1.53 bits per heavy atom. The predicted molar refractivity (Wildman–Crippen MR) is 116 cm³/mol. The number of nitro groups is 1. The highest BCUT2D eigenvalue weighted by Gasteiger charge is 2.21. The van der Waals surface area contributed by atoms with Crippen LogP contribution >= 0.6 is 0 Å². The Morgan fingerprint density at radius 1 is 0.833 bits per heavy atom. The number of hydrogen-bond donors (Lipinski definition) is 0. The number of nitrogens with zero attached hydrogens (tertiary/aromatic N) is 1. The normalized spacial score (nSPS) is 10.9. The van der Waals surface area contributed by atoms with Crippen molar-refractivity contribution in [3.8, 4) is 11.3 Å². The highest BCUT2D eigenvalue weighted by atomic mass is 16.6. The first-order chi connectivity index (χ1) is 14.6. The number of ketones is 1. The van der Waals surface area contributed by atoms with E-state index < -0.39 is 4.92 Å². The second-order valence-corrected chi connectivity index (χ2v) is 6.63. The van der Waals surface area contributed by atoms with Crippen LogP contribution in [0.25, 0.3) is 23.5 Å². The third-order valence-electron chi connectivity index (χ3n) is 4.62. The van der Waals surface area contributed by atoms with Crippen molar-refractivity contribution in [3.63, 3.8) is 0 Å². The van der Waals surface area contributed by atoms with Crippen molar-refractivity contribution < 1.29 is 14.1 Å². The van der Waals surface area contributed by atoms with E-state index in [0.29, 0.717) is 16.9 Å². The van der Waals surface area contributed by atoms with Crippen molar-refractivity contribution in [2.45, 2.75) is 0 Å². The van der Waals surface area contributed by atoms with E-state index in [2.05, 4.69) is 0 Å². The van der Waals surface area contributed by atoms with Gasteiger partial charge in [-0.3, -0.25) is 14.9 Å². The Bertz CT molecular complexity index is 1220. The zero-order valence-electron chi connectivity index (χ0n) is 15.9. The van der Waals surface area contributed by atoms with E-state index in [-0.39, 0.29) is 17.0 Å². The van der Waals surface area contributed by atoms with E-state index in [0.717, 1.165) is 11.3 Å². The summed E-state index contributed by atoms with van der Waals surface area (Å²) >= 11 is 0. The molecule has 4 aromatic rings. The first-order valence-electron chi connectivity index (χ1n) is 9.33. The Balaban J connectivity index is 1.63. The summed E-state index contributed by atoms with van der Waals surface area (Å²) in [5.74, 6) is 1.00. The van der Waals surface area contributed by atoms with Crippen LogP contribution in [0.5, 0.6) is 0 Å². The molecule has 0 N–H and O–H groups in total. The summed E-state index contributed by atoms with van der Waals surface area (Å²) in [5.41, 5.74) is 1.88. The number of furan rings is 1. The fraction of sp³-hybridized carbons (Fsp3) is 0. The minimum atomic E-state index is -0.539. The minimum Gasteiger partial charge on any atom is -0.457 e. The van der Waals surface area contributed by atoms with E-state index in [4.69, 9.17) is 4.42 Å². The zero-order chi connectivity index (χ0) is 20.9. The molecule has 0 radical (unpaired) electrons. The molecular weight excluding hydrogens is 378 g/mol. The second-order valence-electron chi connectivity index (χ2n) is 6.63. The lowest BCUT2D eigenvalue weighted by Gasteiger charge is -2.04. The van der Waals surface area contributed by atoms with Crippen LogP contribution in [-0.4, -0.2) is 10.7 Å². The molecule has 0 aliphatic rings. The van der Waals surface area contributed by atoms with Gasteiger partial charge < -0.3 is 4.42 Å². The van der Waals surface area contributed by atoms with Gasteiger partial charge in [0.1, 0.15) is 17.1 Å². The first-order valence-corrected chi connectivity index (χ1v) is 9.33. The molecule has 0 saturated heterocycles. The number of nitro benzene ring substituents is 1. The van der Waals surface area contributed by atoms with E-state index in [1.54, 1.807) is 48.6 Å². The maximum atomic E-state index is 12.8. The molecule has 0 aliphatic heterocycles. The largest absolute Gasteiger partial charge is 0.457 e. The van der Waals surface area contributed by atoms with Crippen molar-refractivity contribution in [3.05, 3.63) is 124 Å². The van der Waals surface area contributed by atoms with Gasteiger partial charge >= 0.3 is 0 Å². The van der Waals surface area contributed by atoms with E-state index in [1.807, 2.05) is 42.5 Å². The lowest BCUT2D eigenvalue weighted by molar-refractivity contribution is -0.385. The molecule has 0 saturated carbocycles. The molecule has 30 heavy (non-hydrogen) atoms. The molecule has 1 heterocycles. The van der Waals surface area contributed by atoms with Gasteiger partial charge in [0.2, 0.25) is 0 Å². The van der Waals surface area contributed by atoms with Crippen LogP contribution in [0.3, 0.4) is 0 Å². The number of benzene rings is 3. The van der Waals surface area contributed by atoms with Gasteiger partial charge in [-0.1, -0.05) is 66.7 Å². The van der Waals surface area contributed by atoms with Gasteiger partial charge in [-0.2, -0.15) is 0 Å². The third kappa shape index (κ3) is 4.10. The maximum Gasteiger partial charge on any atom is 0.280 e. The Labute approximate surface area is 173 Å². The molecule has 0 atom stereocenters. The predicted octanol–water partition coefficient (Wildman–Crippen LogP) is 6.26. The quantitative estimate of drug-likeness (QED) is 0.219. The SMILES string of the molecule is O=C(c1ccccc1)c1cc(C=Cc2ccc(-c3ccccc3)o2)ccc1[N+](=O)[O-]. The summed E-state index contributed by atoms with van der Waals surface area (Å²) in [7, 11) is 0. The van der Waals surface area contributed by atoms with Crippen LogP contribution in [0.4, 0.5) is 5.69 Å². The standard InChI is InChI=1S/C25H17NO4/c27-25(20-9-5-2-6-10-20)22-17-18(12-15-23(22)26(28)29)11-13-21-14-16-24(30-21)19-7-3-1-4-8-19/h1-17H. The molecule has 0 aliphatic carbocycles. The molecule has 3 aromatic carbocycles. The summed E-state index contributed by atoms with van der Waals surface area (Å²) < 4.78 is 5.84. The molecule has 0 bridgehead atoms. The van der Waals surface area contributed by atoms with Crippen LogP contribution in [0.1, 0.15) is 27.2 Å². The van der Waals surface area contributed by atoms with Crippen molar-refractivity contribution in [1.29, 1.82) is 0 Å². The average Bonchev–Trinajstić information content (AvgIpc) is 3.27. The molecule has 4 rings (SSSR count). The molecule has 1 aromatic heterocycles. The summed E-state index contributed by atoms with van der Waals surface area (Å²) in [5, 5.41) is 11.4. The van der Waals surface area contributed by atoms with Crippen LogP contribution in [0.15, 0.2) is 95.4 Å².